The van der Waals surface area contributed by atoms with E-state index in [1.807, 2.05) is 0 Å². The molecular formula is C21H17ClF2N2O4. The van der Waals surface area contributed by atoms with E-state index in [0.29, 0.717) is 21.5 Å². The van der Waals surface area contributed by atoms with Crippen LogP contribution in [0, 0.1) is 11.6 Å². The summed E-state index contributed by atoms with van der Waals surface area (Å²) in [6.45, 7) is -0.306. The van der Waals surface area contributed by atoms with Crippen molar-refractivity contribution in [3.8, 4) is 5.88 Å². The van der Waals surface area contributed by atoms with Crippen LogP contribution in [0.2, 0.25) is 5.02 Å². The van der Waals surface area contributed by atoms with E-state index < -0.39 is 23.5 Å². The number of pyridine rings is 1. The Labute approximate surface area is 175 Å². The molecule has 0 radical (unpaired) electrons. The number of ether oxygens (including phenoxy) is 2. The Kier molecular flexibility index (Phi) is 6.47. The summed E-state index contributed by atoms with van der Waals surface area (Å²) in [6.07, 6.45) is -0.152. The first kappa shape index (κ1) is 21.4. The van der Waals surface area contributed by atoms with Crippen LogP contribution in [0.5, 0.6) is 5.88 Å². The van der Waals surface area contributed by atoms with Crippen molar-refractivity contribution in [3.63, 3.8) is 0 Å². The minimum Gasteiger partial charge on any atom is -0.480 e. The summed E-state index contributed by atoms with van der Waals surface area (Å²) in [5, 5.41) is 3.32. The van der Waals surface area contributed by atoms with Crippen LogP contribution in [0.4, 0.5) is 8.78 Å². The third-order valence-corrected chi connectivity index (χ3v) is 4.62. The van der Waals surface area contributed by atoms with E-state index >= 15 is 0 Å². The highest BCUT2D eigenvalue weighted by molar-refractivity contribution is 6.31. The predicted octanol–water partition coefficient (Wildman–Crippen LogP) is 3.82. The molecule has 0 atom stereocenters. The Balaban J connectivity index is 1.89. The highest BCUT2D eigenvalue weighted by Crippen LogP contribution is 2.28. The van der Waals surface area contributed by atoms with Gasteiger partial charge in [-0.3, -0.25) is 4.79 Å². The molecule has 1 N–H and O–H groups in total. The maximum Gasteiger partial charge on any atom is 0.343 e. The fraction of sp³-hybridized carbons (Fsp3) is 0.190. The Morgan fingerprint density at radius 2 is 1.83 bits per heavy atom. The second kappa shape index (κ2) is 9.04. The van der Waals surface area contributed by atoms with Crippen LogP contribution in [0.15, 0.2) is 36.4 Å². The summed E-state index contributed by atoms with van der Waals surface area (Å²) in [7, 11) is 2.59. The average molecular weight is 435 g/mol. The Morgan fingerprint density at radius 3 is 2.47 bits per heavy atom. The number of benzene rings is 2. The van der Waals surface area contributed by atoms with Crippen LogP contribution in [-0.2, 0) is 22.5 Å². The van der Waals surface area contributed by atoms with Crippen molar-refractivity contribution in [2.45, 2.75) is 13.0 Å². The van der Waals surface area contributed by atoms with Gasteiger partial charge in [0.25, 0.3) is 0 Å². The smallest absolute Gasteiger partial charge is 0.343 e. The summed E-state index contributed by atoms with van der Waals surface area (Å²) in [5.74, 6) is -2.58. The number of nitrogens with zero attached hydrogens (tertiary/aromatic N) is 1. The molecule has 0 aliphatic heterocycles. The maximum atomic E-state index is 13.7. The number of fused-ring (bicyclic) bond motifs is 1. The lowest BCUT2D eigenvalue weighted by Crippen LogP contribution is -2.25. The van der Waals surface area contributed by atoms with Crippen molar-refractivity contribution in [1.82, 2.24) is 10.3 Å². The zero-order chi connectivity index (χ0) is 21.8. The van der Waals surface area contributed by atoms with Gasteiger partial charge in [-0.2, -0.15) is 0 Å². The first-order valence-corrected chi connectivity index (χ1v) is 9.17. The molecule has 0 aliphatic carbocycles. The van der Waals surface area contributed by atoms with Crippen molar-refractivity contribution in [2.75, 3.05) is 14.2 Å². The second-order valence-electron chi connectivity index (χ2n) is 6.33. The van der Waals surface area contributed by atoms with E-state index in [-0.39, 0.29) is 30.0 Å². The average Bonchev–Trinajstić information content (AvgIpc) is 2.71. The van der Waals surface area contributed by atoms with Gasteiger partial charge in [-0.05, 0) is 35.9 Å². The van der Waals surface area contributed by atoms with Gasteiger partial charge in [0.1, 0.15) is 17.2 Å². The number of hydrogen-bond acceptors (Lipinski definition) is 5. The summed E-state index contributed by atoms with van der Waals surface area (Å²) in [5.41, 5.74) is 0.736. The number of methoxy groups -OCH3 is 2. The molecule has 0 bridgehead atoms. The molecule has 3 rings (SSSR count). The molecule has 9 heteroatoms. The first-order valence-electron chi connectivity index (χ1n) is 8.79. The normalized spacial score (nSPS) is 10.7. The molecule has 0 fully saturated rings. The van der Waals surface area contributed by atoms with Crippen molar-refractivity contribution in [3.05, 3.63) is 69.7 Å². The minimum absolute atomic E-state index is 0.0340. The van der Waals surface area contributed by atoms with E-state index in [1.165, 1.54) is 26.4 Å². The van der Waals surface area contributed by atoms with Gasteiger partial charge in [0.05, 0.1) is 26.2 Å². The molecule has 0 saturated carbocycles. The number of rotatable bonds is 6. The summed E-state index contributed by atoms with van der Waals surface area (Å²) < 4.78 is 37.4. The third-order valence-electron chi connectivity index (χ3n) is 4.40. The Hall–Kier alpha value is -3.26. The molecule has 0 unspecified atom stereocenters. The Morgan fingerprint density at radius 1 is 1.13 bits per heavy atom. The lowest BCUT2D eigenvalue weighted by Gasteiger charge is -2.12. The first-order chi connectivity index (χ1) is 14.3. The van der Waals surface area contributed by atoms with E-state index in [0.717, 1.165) is 12.1 Å². The number of amides is 1. The van der Waals surface area contributed by atoms with E-state index in [2.05, 4.69) is 10.3 Å². The molecule has 1 heterocycles. The van der Waals surface area contributed by atoms with Gasteiger partial charge in [0.2, 0.25) is 11.8 Å². The summed E-state index contributed by atoms with van der Waals surface area (Å²) in [4.78, 5) is 28.7. The topological polar surface area (TPSA) is 77.5 Å². The molecule has 0 spiro atoms. The van der Waals surface area contributed by atoms with Crippen molar-refractivity contribution >= 4 is 34.4 Å². The van der Waals surface area contributed by atoms with Crippen molar-refractivity contribution in [1.29, 1.82) is 0 Å². The number of halogens is 3. The lowest BCUT2D eigenvalue weighted by molar-refractivity contribution is -0.120. The number of nitrogens with one attached hydrogen (secondary N) is 1. The van der Waals surface area contributed by atoms with E-state index in [1.54, 1.807) is 12.1 Å². The zero-order valence-corrected chi connectivity index (χ0v) is 16.8. The fourth-order valence-corrected chi connectivity index (χ4v) is 3.22. The molecule has 1 amide bonds. The van der Waals surface area contributed by atoms with Crippen LogP contribution in [0.3, 0.4) is 0 Å². The summed E-state index contributed by atoms with van der Waals surface area (Å²) in [6, 6.07) is 8.13. The van der Waals surface area contributed by atoms with Crippen molar-refractivity contribution < 1.29 is 27.8 Å². The van der Waals surface area contributed by atoms with Gasteiger partial charge in [0, 0.05) is 22.5 Å². The van der Waals surface area contributed by atoms with Gasteiger partial charge in [-0.1, -0.05) is 17.7 Å². The molecule has 0 aliphatic rings. The van der Waals surface area contributed by atoms with Gasteiger partial charge < -0.3 is 14.8 Å². The van der Waals surface area contributed by atoms with Gasteiger partial charge >= 0.3 is 5.97 Å². The standard InChI is InChI=1S/C21H17ClF2N2O4/c1-29-20-14(21(28)30-2)8-11-6-13(22)7-12(19(11)26-20)9-18(27)25-10-15-16(23)4-3-5-17(15)24/h3-8H,9-10H2,1-2H3,(H,25,27). The number of carbonyl (C=O) groups excluding carboxylic acids is 2. The van der Waals surface area contributed by atoms with Gasteiger partial charge in [0.15, 0.2) is 0 Å². The maximum absolute atomic E-state index is 13.7. The lowest BCUT2D eigenvalue weighted by atomic mass is 10.0. The highest BCUT2D eigenvalue weighted by Gasteiger charge is 2.19. The molecule has 1 aromatic heterocycles. The summed E-state index contributed by atoms with van der Waals surface area (Å²) >= 11 is 6.16. The highest BCUT2D eigenvalue weighted by atomic mass is 35.5. The van der Waals surface area contributed by atoms with Crippen LogP contribution >= 0.6 is 11.6 Å². The third kappa shape index (κ3) is 4.49. The predicted molar refractivity (Wildman–Crippen MR) is 107 cm³/mol. The molecule has 156 valence electrons. The van der Waals surface area contributed by atoms with Crippen LogP contribution < -0.4 is 10.1 Å². The number of hydrogen-bond donors (Lipinski definition) is 1. The second-order valence-corrected chi connectivity index (χ2v) is 6.76. The van der Waals surface area contributed by atoms with E-state index in [9.17, 15) is 18.4 Å². The number of carbonyl (C=O) groups is 2. The van der Waals surface area contributed by atoms with Crippen LogP contribution in [0.1, 0.15) is 21.5 Å². The molecule has 6 nitrogen and oxygen atoms in total. The molecule has 30 heavy (non-hydrogen) atoms. The molecule has 3 aromatic rings. The van der Waals surface area contributed by atoms with E-state index in [4.69, 9.17) is 21.1 Å². The minimum atomic E-state index is -0.745. The number of aromatic nitrogens is 1. The molecular weight excluding hydrogens is 418 g/mol. The monoisotopic (exact) mass is 434 g/mol. The zero-order valence-electron chi connectivity index (χ0n) is 16.1. The Bertz CT molecular complexity index is 1120. The quantitative estimate of drug-likeness (QED) is 0.597. The van der Waals surface area contributed by atoms with Gasteiger partial charge in [-0.15, -0.1) is 0 Å². The van der Waals surface area contributed by atoms with Crippen LogP contribution in [0.25, 0.3) is 10.9 Å². The molecule has 0 saturated heterocycles. The van der Waals surface area contributed by atoms with Gasteiger partial charge in [-0.25, -0.2) is 18.6 Å². The molecule has 2 aromatic carbocycles. The number of esters is 1. The van der Waals surface area contributed by atoms with Crippen molar-refractivity contribution in [2.24, 2.45) is 0 Å². The largest absolute Gasteiger partial charge is 0.480 e. The SMILES string of the molecule is COC(=O)c1cc2cc(Cl)cc(CC(=O)NCc3c(F)cccc3F)c2nc1OC. The van der Waals surface area contributed by atoms with Crippen LogP contribution in [-0.4, -0.2) is 31.1 Å². The fourth-order valence-electron chi connectivity index (χ4n) is 2.97.